The van der Waals surface area contributed by atoms with Crippen LogP contribution in [0.4, 0.5) is 24.5 Å². The molecule has 2 aromatic carbocycles. The van der Waals surface area contributed by atoms with Crippen molar-refractivity contribution in [3.8, 4) is 0 Å². The Kier molecular flexibility index (Phi) is 6.56. The number of benzene rings is 2. The van der Waals surface area contributed by atoms with Crippen LogP contribution in [0.25, 0.3) is 0 Å². The van der Waals surface area contributed by atoms with E-state index >= 15 is 0 Å². The van der Waals surface area contributed by atoms with E-state index in [9.17, 15) is 27.6 Å². The van der Waals surface area contributed by atoms with Crippen LogP contribution in [-0.4, -0.2) is 24.1 Å². The fourth-order valence-corrected chi connectivity index (χ4v) is 2.54. The number of rotatable bonds is 6. The lowest BCUT2D eigenvalue weighted by atomic mass is 10.1. The Hall–Kier alpha value is -3.16. The van der Waals surface area contributed by atoms with Gasteiger partial charge in [-0.1, -0.05) is 12.1 Å². The molecule has 2 aromatic rings. The van der Waals surface area contributed by atoms with Gasteiger partial charge in [0.1, 0.15) is 0 Å². The Bertz CT molecular complexity index is 877. The highest BCUT2D eigenvalue weighted by atomic mass is 19.4. The maximum atomic E-state index is 12.6. The minimum absolute atomic E-state index is 0.0587. The summed E-state index contributed by atoms with van der Waals surface area (Å²) in [5.74, 6) is -0.901. The minimum Gasteiger partial charge on any atom is -0.326 e. The summed E-state index contributed by atoms with van der Waals surface area (Å²) in [5.41, 5.74) is 0.352. The fraction of sp³-hybridized carbons (Fsp3) is 0.250. The smallest absolute Gasteiger partial charge is 0.326 e. The van der Waals surface area contributed by atoms with E-state index < -0.39 is 17.6 Å². The molecule has 0 fully saturated rings. The lowest BCUT2D eigenvalue weighted by Crippen LogP contribution is -2.32. The van der Waals surface area contributed by atoms with Gasteiger partial charge < -0.3 is 10.2 Å². The zero-order valence-electron chi connectivity index (χ0n) is 15.3. The quantitative estimate of drug-likeness (QED) is 0.746. The second-order valence-electron chi connectivity index (χ2n) is 6.15. The van der Waals surface area contributed by atoms with E-state index in [0.29, 0.717) is 11.3 Å². The Balaban J connectivity index is 2.02. The zero-order chi connectivity index (χ0) is 20.9. The van der Waals surface area contributed by atoms with Crippen LogP contribution in [0.3, 0.4) is 0 Å². The molecule has 28 heavy (non-hydrogen) atoms. The van der Waals surface area contributed by atoms with Gasteiger partial charge in [0.15, 0.2) is 5.78 Å². The summed E-state index contributed by atoms with van der Waals surface area (Å²) >= 11 is 0. The predicted octanol–water partition coefficient (Wildman–Crippen LogP) is 4.29. The second kappa shape index (κ2) is 8.69. The van der Waals surface area contributed by atoms with Crippen molar-refractivity contribution in [2.24, 2.45) is 0 Å². The summed E-state index contributed by atoms with van der Waals surface area (Å²) in [4.78, 5) is 36.9. The van der Waals surface area contributed by atoms with Crippen LogP contribution in [0.5, 0.6) is 0 Å². The lowest BCUT2D eigenvalue weighted by Gasteiger charge is -2.21. The summed E-state index contributed by atoms with van der Waals surface area (Å²) in [7, 11) is 0. The summed E-state index contributed by atoms with van der Waals surface area (Å²) in [6.07, 6.45) is -4.51. The number of hydrogen-bond acceptors (Lipinski definition) is 3. The molecule has 0 aromatic heterocycles. The first kappa shape index (κ1) is 21.1. The molecule has 8 heteroatoms. The molecular formula is C20H19F3N2O3. The SMILES string of the molecule is CC(=O)c1cccc(N(CCC(=O)Nc2ccc(C(F)(F)F)cc2)C(C)=O)c1. The van der Waals surface area contributed by atoms with Crippen molar-refractivity contribution in [1.29, 1.82) is 0 Å². The third kappa shape index (κ3) is 5.67. The average molecular weight is 392 g/mol. The number of halogens is 3. The molecule has 0 heterocycles. The molecule has 0 saturated heterocycles. The Morgan fingerprint density at radius 3 is 2.18 bits per heavy atom. The molecule has 2 rings (SSSR count). The first-order valence-corrected chi connectivity index (χ1v) is 8.44. The number of amides is 2. The van der Waals surface area contributed by atoms with Crippen molar-refractivity contribution in [2.75, 3.05) is 16.8 Å². The highest BCUT2D eigenvalue weighted by Gasteiger charge is 2.30. The fourth-order valence-electron chi connectivity index (χ4n) is 2.54. The number of anilines is 2. The van der Waals surface area contributed by atoms with Gasteiger partial charge >= 0.3 is 6.18 Å². The molecular weight excluding hydrogens is 373 g/mol. The molecule has 0 saturated carbocycles. The van der Waals surface area contributed by atoms with Gasteiger partial charge in [-0.05, 0) is 43.3 Å². The Morgan fingerprint density at radius 1 is 1.00 bits per heavy atom. The van der Waals surface area contributed by atoms with Crippen LogP contribution < -0.4 is 10.2 Å². The molecule has 5 nitrogen and oxygen atoms in total. The molecule has 0 spiro atoms. The van der Waals surface area contributed by atoms with Gasteiger partial charge in [-0.2, -0.15) is 13.2 Å². The van der Waals surface area contributed by atoms with Crippen molar-refractivity contribution in [1.82, 2.24) is 0 Å². The molecule has 0 aliphatic rings. The predicted molar refractivity (Wildman–Crippen MR) is 99.2 cm³/mol. The van der Waals surface area contributed by atoms with Gasteiger partial charge in [0, 0.05) is 36.8 Å². The van der Waals surface area contributed by atoms with E-state index in [0.717, 1.165) is 12.1 Å². The van der Waals surface area contributed by atoms with E-state index in [1.807, 2.05) is 0 Å². The molecule has 0 unspecified atom stereocenters. The van der Waals surface area contributed by atoms with E-state index in [2.05, 4.69) is 5.32 Å². The second-order valence-corrected chi connectivity index (χ2v) is 6.15. The summed E-state index contributed by atoms with van der Waals surface area (Å²) in [6, 6.07) is 10.6. The molecule has 1 N–H and O–H groups in total. The Labute approximate surface area is 160 Å². The number of Topliss-reactive ketones (excluding diaryl/α,β-unsaturated/α-hetero) is 1. The summed E-state index contributed by atoms with van der Waals surface area (Å²) < 4.78 is 37.7. The standard InChI is InChI=1S/C20H19F3N2O3/c1-13(26)15-4-3-5-18(12-15)25(14(2)27)11-10-19(28)24-17-8-6-16(7-9-17)20(21,22)23/h3-9,12H,10-11H2,1-2H3,(H,24,28). The van der Waals surface area contributed by atoms with E-state index in [4.69, 9.17) is 0 Å². The van der Waals surface area contributed by atoms with Crippen molar-refractivity contribution in [3.05, 3.63) is 59.7 Å². The van der Waals surface area contributed by atoms with Gasteiger partial charge in [0.2, 0.25) is 11.8 Å². The monoisotopic (exact) mass is 392 g/mol. The van der Waals surface area contributed by atoms with Crippen molar-refractivity contribution in [3.63, 3.8) is 0 Å². The average Bonchev–Trinajstić information content (AvgIpc) is 2.61. The molecule has 0 radical (unpaired) electrons. The summed E-state index contributed by atoms with van der Waals surface area (Å²) in [6.45, 7) is 2.81. The van der Waals surface area contributed by atoms with Gasteiger partial charge in [-0.25, -0.2) is 0 Å². The highest BCUT2D eigenvalue weighted by Crippen LogP contribution is 2.29. The van der Waals surface area contributed by atoms with Crippen molar-refractivity contribution < 1.29 is 27.6 Å². The van der Waals surface area contributed by atoms with Crippen LogP contribution in [0.15, 0.2) is 48.5 Å². The topological polar surface area (TPSA) is 66.5 Å². The molecule has 0 bridgehead atoms. The number of nitrogens with one attached hydrogen (secondary N) is 1. The lowest BCUT2D eigenvalue weighted by molar-refractivity contribution is -0.137. The van der Waals surface area contributed by atoms with Crippen LogP contribution in [0, 0.1) is 0 Å². The minimum atomic E-state index is -4.45. The van der Waals surface area contributed by atoms with E-state index in [1.54, 1.807) is 24.3 Å². The number of alkyl halides is 3. The number of hydrogen-bond donors (Lipinski definition) is 1. The molecule has 148 valence electrons. The molecule has 0 aliphatic heterocycles. The van der Waals surface area contributed by atoms with Gasteiger partial charge in [0.05, 0.1) is 5.56 Å². The van der Waals surface area contributed by atoms with Crippen LogP contribution >= 0.6 is 0 Å². The highest BCUT2D eigenvalue weighted by molar-refractivity contribution is 5.98. The van der Waals surface area contributed by atoms with Crippen molar-refractivity contribution in [2.45, 2.75) is 26.4 Å². The first-order valence-electron chi connectivity index (χ1n) is 8.44. The van der Waals surface area contributed by atoms with Crippen LogP contribution in [0.1, 0.15) is 36.2 Å². The van der Waals surface area contributed by atoms with Gasteiger partial charge in [-0.15, -0.1) is 0 Å². The normalized spacial score (nSPS) is 11.0. The zero-order valence-corrected chi connectivity index (χ0v) is 15.3. The number of ketones is 1. The third-order valence-electron chi connectivity index (χ3n) is 4.00. The van der Waals surface area contributed by atoms with Gasteiger partial charge in [0.25, 0.3) is 0 Å². The number of carbonyl (C=O) groups excluding carboxylic acids is 3. The summed E-state index contributed by atoms with van der Waals surface area (Å²) in [5, 5.41) is 2.50. The van der Waals surface area contributed by atoms with Crippen molar-refractivity contribution >= 4 is 29.0 Å². The van der Waals surface area contributed by atoms with Crippen LogP contribution in [-0.2, 0) is 15.8 Å². The van der Waals surface area contributed by atoms with Crippen LogP contribution in [0.2, 0.25) is 0 Å². The maximum absolute atomic E-state index is 12.6. The largest absolute Gasteiger partial charge is 0.416 e. The van der Waals surface area contributed by atoms with Gasteiger partial charge in [-0.3, -0.25) is 14.4 Å². The first-order chi connectivity index (χ1) is 13.1. The molecule has 0 atom stereocenters. The number of carbonyl (C=O) groups is 3. The maximum Gasteiger partial charge on any atom is 0.416 e. The molecule has 2 amide bonds. The number of nitrogens with zero attached hydrogens (tertiary/aromatic N) is 1. The van der Waals surface area contributed by atoms with E-state index in [-0.39, 0.29) is 30.3 Å². The molecule has 0 aliphatic carbocycles. The Morgan fingerprint density at radius 2 is 1.64 bits per heavy atom. The van der Waals surface area contributed by atoms with E-state index in [1.165, 1.54) is 30.9 Å². The third-order valence-corrected chi connectivity index (χ3v) is 4.00.